The van der Waals surface area contributed by atoms with E-state index in [1.54, 1.807) is 0 Å². The van der Waals surface area contributed by atoms with Crippen molar-refractivity contribution in [2.45, 2.75) is 33.1 Å². The van der Waals surface area contributed by atoms with Crippen molar-refractivity contribution in [1.29, 1.82) is 0 Å². The summed E-state index contributed by atoms with van der Waals surface area (Å²) in [5.74, 6) is 1.35. The molecule has 0 saturated heterocycles. The molecule has 0 radical (unpaired) electrons. The molecule has 1 aromatic rings. The molecule has 1 unspecified atom stereocenters. The van der Waals surface area contributed by atoms with Crippen molar-refractivity contribution in [2.75, 3.05) is 13.2 Å². The lowest BCUT2D eigenvalue weighted by Crippen LogP contribution is -2.09. The molecule has 0 amide bonds. The maximum atomic E-state index is 12.1. The van der Waals surface area contributed by atoms with E-state index in [4.69, 9.17) is 10.5 Å². The summed E-state index contributed by atoms with van der Waals surface area (Å²) in [6.07, 6.45) is 2.42. The molecule has 0 fully saturated rings. The number of para-hydroxylation sites is 1. The number of ether oxygens (including phenoxy) is 1. The van der Waals surface area contributed by atoms with Gasteiger partial charge in [-0.05, 0) is 44.4 Å². The Morgan fingerprint density at radius 2 is 2.06 bits per heavy atom. The molecular formula is C15H23NO2. The molecule has 0 saturated carbocycles. The van der Waals surface area contributed by atoms with Crippen LogP contribution < -0.4 is 10.5 Å². The Balaban J connectivity index is 2.60. The lowest BCUT2D eigenvalue weighted by Gasteiger charge is -2.11. The predicted molar refractivity (Wildman–Crippen MR) is 74.0 cm³/mol. The molecule has 3 heteroatoms. The van der Waals surface area contributed by atoms with Crippen molar-refractivity contribution < 1.29 is 9.53 Å². The second-order valence-corrected chi connectivity index (χ2v) is 4.57. The van der Waals surface area contributed by atoms with Crippen molar-refractivity contribution in [3.63, 3.8) is 0 Å². The molecule has 0 aliphatic carbocycles. The van der Waals surface area contributed by atoms with Gasteiger partial charge in [-0.3, -0.25) is 4.79 Å². The number of nitrogens with two attached hydrogens (primary N) is 1. The third-order valence-corrected chi connectivity index (χ3v) is 3.01. The lowest BCUT2D eigenvalue weighted by atomic mass is 9.97. The van der Waals surface area contributed by atoms with Gasteiger partial charge < -0.3 is 10.5 Å². The summed E-state index contributed by atoms with van der Waals surface area (Å²) in [6, 6.07) is 7.44. The molecule has 3 nitrogen and oxygen atoms in total. The standard InChI is InChI=1S/C15H23NO2/c1-3-18-15-7-5-4-6-13(15)14(17)9-8-12(2)10-11-16/h4-7,12H,3,8-11,16H2,1-2H3. The van der Waals surface area contributed by atoms with Crippen molar-refractivity contribution in [3.8, 4) is 5.75 Å². The molecule has 1 aromatic carbocycles. The van der Waals surface area contributed by atoms with Crippen molar-refractivity contribution in [3.05, 3.63) is 29.8 Å². The number of carbonyl (C=O) groups excluding carboxylic acids is 1. The van der Waals surface area contributed by atoms with Crippen LogP contribution in [-0.4, -0.2) is 18.9 Å². The van der Waals surface area contributed by atoms with E-state index in [0.717, 1.165) is 12.8 Å². The minimum atomic E-state index is 0.155. The fourth-order valence-corrected chi connectivity index (χ4v) is 1.92. The van der Waals surface area contributed by atoms with Crippen LogP contribution in [0.25, 0.3) is 0 Å². The van der Waals surface area contributed by atoms with Gasteiger partial charge in [0.15, 0.2) is 5.78 Å². The van der Waals surface area contributed by atoms with Gasteiger partial charge in [-0.1, -0.05) is 19.1 Å². The van der Waals surface area contributed by atoms with Gasteiger partial charge in [-0.15, -0.1) is 0 Å². The second-order valence-electron chi connectivity index (χ2n) is 4.57. The SMILES string of the molecule is CCOc1ccccc1C(=O)CCC(C)CCN. The summed E-state index contributed by atoms with van der Waals surface area (Å²) in [4.78, 5) is 12.1. The second kappa shape index (κ2) is 7.88. The van der Waals surface area contributed by atoms with Crippen molar-refractivity contribution >= 4 is 5.78 Å². The minimum Gasteiger partial charge on any atom is -0.493 e. The highest BCUT2D eigenvalue weighted by Gasteiger charge is 2.13. The van der Waals surface area contributed by atoms with Crippen LogP contribution in [0.3, 0.4) is 0 Å². The maximum absolute atomic E-state index is 12.1. The summed E-state index contributed by atoms with van der Waals surface area (Å²) in [7, 11) is 0. The molecule has 0 spiro atoms. The summed E-state index contributed by atoms with van der Waals surface area (Å²) in [6.45, 7) is 5.32. The number of carbonyl (C=O) groups is 1. The lowest BCUT2D eigenvalue weighted by molar-refractivity contribution is 0.0970. The molecule has 100 valence electrons. The van der Waals surface area contributed by atoms with Crippen LogP contribution in [0.5, 0.6) is 5.75 Å². The normalized spacial score (nSPS) is 12.2. The molecule has 18 heavy (non-hydrogen) atoms. The van der Waals surface area contributed by atoms with Gasteiger partial charge in [0.1, 0.15) is 5.75 Å². The molecule has 1 rings (SSSR count). The van der Waals surface area contributed by atoms with Gasteiger partial charge in [0.2, 0.25) is 0 Å². The van der Waals surface area contributed by atoms with Crippen LogP contribution in [-0.2, 0) is 0 Å². The largest absolute Gasteiger partial charge is 0.493 e. The maximum Gasteiger partial charge on any atom is 0.166 e. The summed E-state index contributed by atoms with van der Waals surface area (Å²) in [5.41, 5.74) is 6.20. The molecule has 0 aromatic heterocycles. The molecule has 0 aliphatic rings. The highest BCUT2D eigenvalue weighted by atomic mass is 16.5. The highest BCUT2D eigenvalue weighted by Crippen LogP contribution is 2.21. The first-order valence-corrected chi connectivity index (χ1v) is 6.64. The number of hydrogen-bond donors (Lipinski definition) is 1. The fraction of sp³-hybridized carbons (Fsp3) is 0.533. The zero-order valence-corrected chi connectivity index (χ0v) is 11.3. The molecule has 2 N–H and O–H groups in total. The van der Waals surface area contributed by atoms with Crippen LogP contribution >= 0.6 is 0 Å². The average Bonchev–Trinajstić information content (AvgIpc) is 2.37. The Morgan fingerprint density at radius 3 is 2.72 bits per heavy atom. The fourth-order valence-electron chi connectivity index (χ4n) is 1.92. The topological polar surface area (TPSA) is 52.3 Å². The van der Waals surface area contributed by atoms with Crippen molar-refractivity contribution in [2.24, 2.45) is 11.7 Å². The molecule has 0 aliphatic heterocycles. The van der Waals surface area contributed by atoms with Crippen LogP contribution in [0.2, 0.25) is 0 Å². The van der Waals surface area contributed by atoms with E-state index < -0.39 is 0 Å². The Bertz CT molecular complexity index is 377. The molecular weight excluding hydrogens is 226 g/mol. The van der Waals surface area contributed by atoms with E-state index in [-0.39, 0.29) is 5.78 Å². The van der Waals surface area contributed by atoms with Crippen LogP contribution in [0.1, 0.15) is 43.5 Å². The van der Waals surface area contributed by atoms with E-state index in [1.807, 2.05) is 31.2 Å². The number of benzene rings is 1. The number of hydrogen-bond acceptors (Lipinski definition) is 3. The minimum absolute atomic E-state index is 0.155. The van der Waals surface area contributed by atoms with E-state index in [9.17, 15) is 4.79 Å². The first-order chi connectivity index (χ1) is 8.69. The van der Waals surface area contributed by atoms with E-state index >= 15 is 0 Å². The number of ketones is 1. The third kappa shape index (κ3) is 4.49. The van der Waals surface area contributed by atoms with E-state index in [1.165, 1.54) is 0 Å². The van der Waals surface area contributed by atoms with Gasteiger partial charge in [0.05, 0.1) is 12.2 Å². The zero-order valence-electron chi connectivity index (χ0n) is 11.3. The van der Waals surface area contributed by atoms with Crippen molar-refractivity contribution in [1.82, 2.24) is 0 Å². The average molecular weight is 249 g/mol. The van der Waals surface area contributed by atoms with Gasteiger partial charge in [0, 0.05) is 6.42 Å². The van der Waals surface area contributed by atoms with E-state index in [0.29, 0.717) is 36.8 Å². The van der Waals surface area contributed by atoms with Gasteiger partial charge in [-0.2, -0.15) is 0 Å². The van der Waals surface area contributed by atoms with Gasteiger partial charge in [0.25, 0.3) is 0 Å². The summed E-state index contributed by atoms with van der Waals surface area (Å²) < 4.78 is 5.47. The Labute approximate surface area is 109 Å². The molecule has 0 heterocycles. The van der Waals surface area contributed by atoms with Crippen LogP contribution in [0.15, 0.2) is 24.3 Å². The van der Waals surface area contributed by atoms with E-state index in [2.05, 4.69) is 6.92 Å². The number of rotatable bonds is 8. The first kappa shape index (κ1) is 14.7. The van der Waals surface area contributed by atoms with Gasteiger partial charge >= 0.3 is 0 Å². The Kier molecular flexibility index (Phi) is 6.44. The van der Waals surface area contributed by atoms with Crippen LogP contribution in [0.4, 0.5) is 0 Å². The Morgan fingerprint density at radius 1 is 1.33 bits per heavy atom. The monoisotopic (exact) mass is 249 g/mol. The summed E-state index contributed by atoms with van der Waals surface area (Å²) in [5, 5.41) is 0. The smallest absolute Gasteiger partial charge is 0.166 e. The number of Topliss-reactive ketones (excluding diaryl/α,β-unsaturated/α-hetero) is 1. The zero-order chi connectivity index (χ0) is 13.4. The third-order valence-electron chi connectivity index (χ3n) is 3.01. The summed E-state index contributed by atoms with van der Waals surface area (Å²) >= 11 is 0. The predicted octanol–water partition coefficient (Wildman–Crippen LogP) is 3.03. The highest BCUT2D eigenvalue weighted by molar-refractivity contribution is 5.98. The molecule has 0 bridgehead atoms. The first-order valence-electron chi connectivity index (χ1n) is 6.64. The quantitative estimate of drug-likeness (QED) is 0.720. The molecule has 1 atom stereocenters. The van der Waals surface area contributed by atoms with Gasteiger partial charge in [-0.25, -0.2) is 0 Å². The van der Waals surface area contributed by atoms with Crippen LogP contribution in [0, 0.1) is 5.92 Å². The Hall–Kier alpha value is -1.35.